The number of rotatable bonds is 10. The molecule has 0 aliphatic heterocycles. The fourth-order valence-corrected chi connectivity index (χ4v) is 2.57. The zero-order chi connectivity index (χ0) is 15.9. The molecule has 3 heteroatoms. The quantitative estimate of drug-likeness (QED) is 0.513. The molecule has 0 aliphatic carbocycles. The summed E-state index contributed by atoms with van der Waals surface area (Å²) in [7, 11) is 0. The molecular formula is C18H34N2O. The average Bonchev–Trinajstić information content (AvgIpc) is 2.97. The second-order valence-electron chi connectivity index (χ2n) is 7.28. The van der Waals surface area contributed by atoms with Crippen LogP contribution >= 0.6 is 0 Å². The van der Waals surface area contributed by atoms with Crippen molar-refractivity contribution in [2.24, 2.45) is 0 Å². The van der Waals surface area contributed by atoms with Crippen LogP contribution in [0.1, 0.15) is 105 Å². The van der Waals surface area contributed by atoms with E-state index in [1.165, 1.54) is 32.1 Å². The fraction of sp³-hybridized carbons (Fsp3) is 0.889. The Morgan fingerprint density at radius 2 is 1.52 bits per heavy atom. The lowest BCUT2D eigenvalue weighted by atomic mass is 9.79. The summed E-state index contributed by atoms with van der Waals surface area (Å²) in [6.07, 6.45) is 9.52. The molecule has 0 aromatic carbocycles. The predicted molar refractivity (Wildman–Crippen MR) is 88.6 cm³/mol. The van der Waals surface area contributed by atoms with Crippen molar-refractivity contribution >= 4 is 0 Å². The summed E-state index contributed by atoms with van der Waals surface area (Å²) in [4.78, 5) is 4.78. The summed E-state index contributed by atoms with van der Waals surface area (Å²) in [6, 6.07) is 0. The average molecular weight is 294 g/mol. The van der Waals surface area contributed by atoms with Crippen LogP contribution in [0.5, 0.6) is 0 Å². The normalized spacial score (nSPS) is 15.1. The molecule has 122 valence electrons. The van der Waals surface area contributed by atoms with Gasteiger partial charge in [0.25, 0.3) is 0 Å². The lowest BCUT2D eigenvalue weighted by molar-refractivity contribution is 0.254. The van der Waals surface area contributed by atoms with Crippen molar-refractivity contribution in [2.75, 3.05) is 0 Å². The van der Waals surface area contributed by atoms with Crippen LogP contribution in [-0.4, -0.2) is 10.1 Å². The zero-order valence-corrected chi connectivity index (χ0v) is 15.0. The van der Waals surface area contributed by atoms with E-state index in [4.69, 9.17) is 9.51 Å². The highest BCUT2D eigenvalue weighted by atomic mass is 16.5. The molecule has 0 bridgehead atoms. The van der Waals surface area contributed by atoms with Gasteiger partial charge in [0, 0.05) is 10.8 Å². The van der Waals surface area contributed by atoms with Gasteiger partial charge in [-0.05, 0) is 19.3 Å². The van der Waals surface area contributed by atoms with Gasteiger partial charge in [0.05, 0.1) is 0 Å². The molecule has 1 atom stereocenters. The second kappa shape index (κ2) is 7.95. The molecule has 0 aliphatic rings. The minimum Gasteiger partial charge on any atom is -0.339 e. The third kappa shape index (κ3) is 4.82. The smallest absolute Gasteiger partial charge is 0.232 e. The van der Waals surface area contributed by atoms with Crippen LogP contribution < -0.4 is 0 Å². The Morgan fingerprint density at radius 3 is 2.10 bits per heavy atom. The minimum absolute atomic E-state index is 0.00314. The van der Waals surface area contributed by atoms with Crippen LogP contribution in [0.15, 0.2) is 4.52 Å². The lowest BCUT2D eigenvalue weighted by Crippen LogP contribution is -2.24. The molecule has 0 saturated heterocycles. The Bertz CT molecular complexity index is 411. The standard InChI is InChI=1S/C18H34N2O/c1-7-10-12-14-18(6,13-11-8-2)16-19-15(20-21-16)17(4,5)9-3/h7-14H2,1-6H3. The van der Waals surface area contributed by atoms with E-state index in [9.17, 15) is 0 Å². The first-order chi connectivity index (χ1) is 9.89. The minimum atomic E-state index is -0.00314. The van der Waals surface area contributed by atoms with Gasteiger partial charge >= 0.3 is 0 Å². The van der Waals surface area contributed by atoms with Crippen LogP contribution in [-0.2, 0) is 10.8 Å². The van der Waals surface area contributed by atoms with Crippen molar-refractivity contribution in [3.8, 4) is 0 Å². The van der Waals surface area contributed by atoms with Crippen LogP contribution in [0.25, 0.3) is 0 Å². The number of hydrogen-bond acceptors (Lipinski definition) is 3. The molecule has 0 spiro atoms. The van der Waals surface area contributed by atoms with Gasteiger partial charge in [0.2, 0.25) is 5.89 Å². The molecule has 3 nitrogen and oxygen atoms in total. The summed E-state index contributed by atoms with van der Waals surface area (Å²) >= 11 is 0. The first-order valence-electron chi connectivity index (χ1n) is 8.74. The summed E-state index contributed by atoms with van der Waals surface area (Å²) in [5, 5.41) is 4.28. The van der Waals surface area contributed by atoms with E-state index in [1.807, 2.05) is 0 Å². The van der Waals surface area contributed by atoms with Crippen LogP contribution in [0.2, 0.25) is 0 Å². The third-order valence-electron chi connectivity index (χ3n) is 4.85. The number of hydrogen-bond donors (Lipinski definition) is 0. The van der Waals surface area contributed by atoms with Gasteiger partial charge in [-0.3, -0.25) is 0 Å². The number of unbranched alkanes of at least 4 members (excludes halogenated alkanes) is 3. The first kappa shape index (κ1) is 18.2. The van der Waals surface area contributed by atoms with Gasteiger partial charge in [-0.2, -0.15) is 4.98 Å². The van der Waals surface area contributed by atoms with E-state index in [1.54, 1.807) is 0 Å². The van der Waals surface area contributed by atoms with Crippen molar-refractivity contribution in [1.29, 1.82) is 0 Å². The van der Waals surface area contributed by atoms with Gasteiger partial charge < -0.3 is 4.52 Å². The van der Waals surface area contributed by atoms with Crippen LogP contribution in [0, 0.1) is 0 Å². The number of aromatic nitrogens is 2. The second-order valence-corrected chi connectivity index (χ2v) is 7.28. The SMILES string of the molecule is CCCCCC(C)(CCCC)c1nc(C(C)(C)CC)no1. The zero-order valence-electron chi connectivity index (χ0n) is 15.0. The van der Waals surface area contributed by atoms with Crippen molar-refractivity contribution in [3.05, 3.63) is 11.7 Å². The summed E-state index contributed by atoms with van der Waals surface area (Å²) < 4.78 is 5.68. The summed E-state index contributed by atoms with van der Waals surface area (Å²) in [5.41, 5.74) is 0.0388. The highest BCUT2D eigenvalue weighted by Crippen LogP contribution is 2.35. The molecule has 0 amide bonds. The van der Waals surface area contributed by atoms with E-state index < -0.39 is 0 Å². The van der Waals surface area contributed by atoms with Gasteiger partial charge in [-0.1, -0.05) is 78.8 Å². The molecule has 0 radical (unpaired) electrons. The highest BCUT2D eigenvalue weighted by Gasteiger charge is 2.34. The van der Waals surface area contributed by atoms with Crippen LogP contribution in [0.3, 0.4) is 0 Å². The van der Waals surface area contributed by atoms with Gasteiger partial charge in [0.15, 0.2) is 5.82 Å². The first-order valence-corrected chi connectivity index (χ1v) is 8.74. The molecule has 0 fully saturated rings. The van der Waals surface area contributed by atoms with E-state index in [-0.39, 0.29) is 10.8 Å². The molecule has 0 saturated carbocycles. The maximum Gasteiger partial charge on any atom is 0.232 e. The van der Waals surface area contributed by atoms with E-state index in [0.717, 1.165) is 31.0 Å². The summed E-state index contributed by atoms with van der Waals surface area (Å²) in [6.45, 7) is 13.3. The number of nitrogens with zero attached hydrogens (tertiary/aromatic N) is 2. The Hall–Kier alpha value is -0.860. The van der Waals surface area contributed by atoms with Crippen LogP contribution in [0.4, 0.5) is 0 Å². The van der Waals surface area contributed by atoms with Gasteiger partial charge in [-0.25, -0.2) is 0 Å². The van der Waals surface area contributed by atoms with Crippen molar-refractivity contribution < 1.29 is 4.52 Å². The topological polar surface area (TPSA) is 38.9 Å². The Balaban J connectivity index is 2.92. The van der Waals surface area contributed by atoms with Gasteiger partial charge in [-0.15, -0.1) is 0 Å². The largest absolute Gasteiger partial charge is 0.339 e. The van der Waals surface area contributed by atoms with E-state index in [2.05, 4.69) is 46.7 Å². The predicted octanol–water partition coefficient (Wildman–Crippen LogP) is 5.79. The Labute approximate surface area is 130 Å². The molecule has 1 rings (SSSR count). The Morgan fingerprint density at radius 1 is 0.905 bits per heavy atom. The summed E-state index contributed by atoms with van der Waals surface area (Å²) in [5.74, 6) is 1.71. The molecule has 1 heterocycles. The molecule has 1 unspecified atom stereocenters. The molecule has 0 N–H and O–H groups in total. The Kier molecular flexibility index (Phi) is 6.89. The third-order valence-corrected chi connectivity index (χ3v) is 4.85. The molecule has 1 aromatic heterocycles. The molecular weight excluding hydrogens is 260 g/mol. The lowest BCUT2D eigenvalue weighted by Gasteiger charge is -2.25. The monoisotopic (exact) mass is 294 g/mol. The molecule has 21 heavy (non-hydrogen) atoms. The van der Waals surface area contributed by atoms with E-state index in [0.29, 0.717) is 0 Å². The van der Waals surface area contributed by atoms with Gasteiger partial charge in [0.1, 0.15) is 0 Å². The maximum absolute atomic E-state index is 5.68. The maximum atomic E-state index is 5.68. The highest BCUT2D eigenvalue weighted by molar-refractivity contribution is 5.08. The fourth-order valence-electron chi connectivity index (χ4n) is 2.57. The van der Waals surface area contributed by atoms with Crippen molar-refractivity contribution in [2.45, 2.75) is 104 Å². The molecule has 1 aromatic rings. The van der Waals surface area contributed by atoms with Crippen molar-refractivity contribution in [1.82, 2.24) is 10.1 Å². The van der Waals surface area contributed by atoms with Crippen molar-refractivity contribution in [3.63, 3.8) is 0 Å². The van der Waals surface area contributed by atoms with E-state index >= 15 is 0 Å².